The number of halogens is 3. The number of rotatable bonds is 5. The summed E-state index contributed by atoms with van der Waals surface area (Å²) in [5.41, 5.74) is -0.953. The van der Waals surface area contributed by atoms with Crippen LogP contribution in [0.5, 0.6) is 5.75 Å². The minimum Gasteiger partial charge on any atom is -0.490 e. The van der Waals surface area contributed by atoms with Crippen LogP contribution in [0.1, 0.15) is 31.2 Å². The highest BCUT2D eigenvalue weighted by Crippen LogP contribution is 2.32. The molecule has 10 heteroatoms. The summed E-state index contributed by atoms with van der Waals surface area (Å²) in [7, 11) is -3.95. The van der Waals surface area contributed by atoms with Crippen LogP contribution in [0.4, 0.5) is 13.2 Å². The largest absolute Gasteiger partial charge is 0.490 e. The van der Waals surface area contributed by atoms with Crippen molar-refractivity contribution in [3.63, 3.8) is 0 Å². The van der Waals surface area contributed by atoms with Gasteiger partial charge in [0.1, 0.15) is 11.9 Å². The first-order valence-corrected chi connectivity index (χ1v) is 12.2. The molecule has 2 saturated heterocycles. The number of alkyl halides is 3. The first-order valence-electron chi connectivity index (χ1n) is 10.7. The average Bonchev–Trinajstić information content (AvgIpc) is 2.80. The summed E-state index contributed by atoms with van der Waals surface area (Å²) in [5, 5.41) is 0. The van der Waals surface area contributed by atoms with E-state index < -0.39 is 21.8 Å². The molecule has 0 amide bonds. The summed E-state index contributed by atoms with van der Waals surface area (Å²) in [6.07, 6.45) is 2.08. The van der Waals surface area contributed by atoms with Gasteiger partial charge in [0, 0.05) is 44.6 Å². The normalized spacial score (nSPS) is 20.3. The van der Waals surface area contributed by atoms with Gasteiger partial charge in [-0.2, -0.15) is 17.5 Å². The van der Waals surface area contributed by atoms with Crippen LogP contribution in [0.2, 0.25) is 0 Å². The van der Waals surface area contributed by atoms with Crippen LogP contribution < -0.4 is 4.74 Å². The lowest BCUT2D eigenvalue weighted by molar-refractivity contribution is -0.137. The highest BCUT2D eigenvalue weighted by molar-refractivity contribution is 7.89. The van der Waals surface area contributed by atoms with Crippen molar-refractivity contribution in [2.24, 2.45) is 0 Å². The number of sulfonamides is 1. The third kappa shape index (κ3) is 5.24. The van der Waals surface area contributed by atoms with Crippen LogP contribution in [0.15, 0.2) is 53.7 Å². The van der Waals surface area contributed by atoms with Crippen molar-refractivity contribution in [3.8, 4) is 5.75 Å². The summed E-state index contributed by atoms with van der Waals surface area (Å²) in [5.74, 6) is 0.812. The molecule has 4 rings (SSSR count). The van der Waals surface area contributed by atoms with Gasteiger partial charge in [0.25, 0.3) is 0 Å². The molecule has 3 heterocycles. The van der Waals surface area contributed by atoms with Gasteiger partial charge >= 0.3 is 6.18 Å². The third-order valence-corrected chi connectivity index (χ3v) is 8.06. The van der Waals surface area contributed by atoms with Crippen molar-refractivity contribution in [3.05, 3.63) is 54.4 Å². The SMILES string of the molecule is O=S(=O)(c1cccc(C(F)(F)F)c1)N1CCC(N2CCC(Oc3ccncc3)CC2)CC1. The number of likely N-dealkylation sites (tertiary alicyclic amines) is 1. The molecule has 1 aromatic carbocycles. The third-order valence-electron chi connectivity index (χ3n) is 6.17. The average molecular weight is 470 g/mol. The Morgan fingerprint density at radius 1 is 0.938 bits per heavy atom. The van der Waals surface area contributed by atoms with Gasteiger partial charge in [0.15, 0.2) is 0 Å². The molecule has 1 aromatic heterocycles. The molecule has 0 N–H and O–H groups in total. The molecule has 0 atom stereocenters. The summed E-state index contributed by atoms with van der Waals surface area (Å²) in [4.78, 5) is 6.05. The topological polar surface area (TPSA) is 62.7 Å². The number of benzene rings is 1. The highest BCUT2D eigenvalue weighted by atomic mass is 32.2. The Hall–Kier alpha value is -2.17. The van der Waals surface area contributed by atoms with Crippen LogP contribution in [0.3, 0.4) is 0 Å². The van der Waals surface area contributed by atoms with Crippen LogP contribution in [0, 0.1) is 0 Å². The van der Waals surface area contributed by atoms with Gasteiger partial charge in [-0.3, -0.25) is 4.98 Å². The zero-order chi connectivity index (χ0) is 22.8. The fourth-order valence-electron chi connectivity index (χ4n) is 4.40. The maximum absolute atomic E-state index is 13.0. The fraction of sp³-hybridized carbons (Fsp3) is 0.500. The summed E-state index contributed by atoms with van der Waals surface area (Å²) < 4.78 is 72.0. The Kier molecular flexibility index (Phi) is 6.73. The highest BCUT2D eigenvalue weighted by Gasteiger charge is 2.35. The smallest absolute Gasteiger partial charge is 0.416 e. The lowest BCUT2D eigenvalue weighted by Crippen LogP contribution is -2.50. The number of hydrogen-bond acceptors (Lipinski definition) is 5. The van der Waals surface area contributed by atoms with Gasteiger partial charge in [0.05, 0.1) is 10.5 Å². The van der Waals surface area contributed by atoms with E-state index in [0.717, 1.165) is 49.9 Å². The van der Waals surface area contributed by atoms with Gasteiger partial charge in [-0.15, -0.1) is 0 Å². The second kappa shape index (κ2) is 9.36. The van der Waals surface area contributed by atoms with Crippen molar-refractivity contribution in [2.45, 2.75) is 48.9 Å². The molecule has 2 aliphatic rings. The van der Waals surface area contributed by atoms with Crippen molar-refractivity contribution < 1.29 is 26.3 Å². The lowest BCUT2D eigenvalue weighted by atomic mass is 10.00. The molecule has 0 saturated carbocycles. The summed E-state index contributed by atoms with van der Waals surface area (Å²) in [6.45, 7) is 2.36. The van der Waals surface area contributed by atoms with Crippen molar-refractivity contribution >= 4 is 10.0 Å². The van der Waals surface area contributed by atoms with Crippen LogP contribution in [0.25, 0.3) is 0 Å². The Morgan fingerprint density at radius 2 is 1.59 bits per heavy atom. The maximum Gasteiger partial charge on any atom is 0.416 e. The predicted molar refractivity (Wildman–Crippen MR) is 113 cm³/mol. The van der Waals surface area contributed by atoms with Crippen LogP contribution >= 0.6 is 0 Å². The monoisotopic (exact) mass is 469 g/mol. The van der Waals surface area contributed by atoms with E-state index in [9.17, 15) is 21.6 Å². The molecule has 0 radical (unpaired) electrons. The lowest BCUT2D eigenvalue weighted by Gasteiger charge is -2.41. The van der Waals surface area contributed by atoms with E-state index >= 15 is 0 Å². The van der Waals surface area contributed by atoms with E-state index in [1.807, 2.05) is 12.1 Å². The standard InChI is InChI=1S/C22H26F3N3O3S/c23-22(24,25)17-2-1-3-21(16-17)32(29,30)28-14-6-18(7-15-28)27-12-8-20(9-13-27)31-19-4-10-26-11-5-19/h1-5,10-11,16,18,20H,6-9,12-15H2. The number of aromatic nitrogens is 1. The molecule has 2 aromatic rings. The second-order valence-electron chi connectivity index (χ2n) is 8.20. The Balaban J connectivity index is 1.31. The molecule has 2 aliphatic heterocycles. The van der Waals surface area contributed by atoms with Crippen LogP contribution in [-0.4, -0.2) is 60.9 Å². The molecule has 0 spiro atoms. The number of piperidine rings is 2. The molecular weight excluding hydrogens is 443 g/mol. The summed E-state index contributed by atoms with van der Waals surface area (Å²) in [6, 6.07) is 7.91. The molecule has 6 nitrogen and oxygen atoms in total. The Labute approximate surface area is 186 Å². The number of hydrogen-bond donors (Lipinski definition) is 0. The van der Waals surface area contributed by atoms with E-state index in [1.54, 1.807) is 12.4 Å². The summed E-state index contributed by atoms with van der Waals surface area (Å²) >= 11 is 0. The predicted octanol–water partition coefficient (Wildman–Crippen LogP) is 3.80. The molecular formula is C22H26F3N3O3S. The van der Waals surface area contributed by atoms with E-state index in [0.29, 0.717) is 25.9 Å². The van der Waals surface area contributed by atoms with Gasteiger partial charge in [0.2, 0.25) is 10.0 Å². The molecule has 2 fully saturated rings. The van der Waals surface area contributed by atoms with E-state index in [-0.39, 0.29) is 17.0 Å². The fourth-order valence-corrected chi connectivity index (χ4v) is 5.91. The molecule has 174 valence electrons. The van der Waals surface area contributed by atoms with E-state index in [1.165, 1.54) is 10.4 Å². The maximum atomic E-state index is 13.0. The Bertz CT molecular complexity index is 1000. The van der Waals surface area contributed by atoms with Gasteiger partial charge in [-0.1, -0.05) is 6.07 Å². The van der Waals surface area contributed by atoms with Crippen molar-refractivity contribution in [2.75, 3.05) is 26.2 Å². The van der Waals surface area contributed by atoms with Gasteiger partial charge < -0.3 is 9.64 Å². The number of nitrogens with zero attached hydrogens (tertiary/aromatic N) is 3. The van der Waals surface area contributed by atoms with Crippen molar-refractivity contribution in [1.29, 1.82) is 0 Å². The Morgan fingerprint density at radius 3 is 2.22 bits per heavy atom. The van der Waals surface area contributed by atoms with Gasteiger partial charge in [-0.05, 0) is 56.0 Å². The molecule has 32 heavy (non-hydrogen) atoms. The zero-order valence-corrected chi connectivity index (χ0v) is 18.4. The quantitative estimate of drug-likeness (QED) is 0.667. The van der Waals surface area contributed by atoms with Gasteiger partial charge in [-0.25, -0.2) is 8.42 Å². The molecule has 0 unspecified atom stereocenters. The first kappa shape index (κ1) is 23.0. The molecule has 0 aliphatic carbocycles. The minimum atomic E-state index is -4.58. The second-order valence-corrected chi connectivity index (χ2v) is 10.1. The number of pyridine rings is 1. The van der Waals surface area contributed by atoms with E-state index in [4.69, 9.17) is 4.74 Å². The van der Waals surface area contributed by atoms with E-state index in [2.05, 4.69) is 9.88 Å². The number of ether oxygens (including phenoxy) is 1. The zero-order valence-electron chi connectivity index (χ0n) is 17.5. The first-order chi connectivity index (χ1) is 15.2. The minimum absolute atomic E-state index is 0.148. The molecule has 0 bridgehead atoms. The van der Waals surface area contributed by atoms with Crippen LogP contribution in [-0.2, 0) is 16.2 Å². The van der Waals surface area contributed by atoms with Crippen molar-refractivity contribution in [1.82, 2.24) is 14.2 Å².